The van der Waals surface area contributed by atoms with Crippen molar-refractivity contribution in [2.45, 2.75) is 11.1 Å². The number of thiazole rings is 1. The SMILES string of the molecule is O=C(Nc1nc(-c2ccccc2)cs1)c1ccccc1NS(=O)(=O)c1cccc(C(F)(F)F)c1. The van der Waals surface area contributed by atoms with Crippen LogP contribution in [-0.4, -0.2) is 19.3 Å². The summed E-state index contributed by atoms with van der Waals surface area (Å²) in [5, 5.41) is 4.70. The maximum Gasteiger partial charge on any atom is 0.416 e. The molecule has 0 radical (unpaired) electrons. The number of hydrogen-bond acceptors (Lipinski definition) is 5. The van der Waals surface area contributed by atoms with Crippen molar-refractivity contribution in [2.75, 3.05) is 10.0 Å². The lowest BCUT2D eigenvalue weighted by Crippen LogP contribution is -2.19. The molecular weight excluding hydrogens is 487 g/mol. The van der Waals surface area contributed by atoms with Crippen LogP contribution in [0.5, 0.6) is 0 Å². The first-order chi connectivity index (χ1) is 16.1. The van der Waals surface area contributed by atoms with Crippen LogP contribution in [0.15, 0.2) is 89.1 Å². The molecular formula is C23H16F3N3O3S2. The summed E-state index contributed by atoms with van der Waals surface area (Å²) < 4.78 is 66.7. The van der Waals surface area contributed by atoms with Gasteiger partial charge in [-0.05, 0) is 30.3 Å². The van der Waals surface area contributed by atoms with Gasteiger partial charge < -0.3 is 0 Å². The molecule has 4 rings (SSSR count). The topological polar surface area (TPSA) is 88.2 Å². The molecule has 0 atom stereocenters. The Hall–Kier alpha value is -3.70. The number of rotatable bonds is 6. The molecule has 0 aliphatic heterocycles. The van der Waals surface area contributed by atoms with Gasteiger partial charge in [0, 0.05) is 10.9 Å². The second-order valence-corrected chi connectivity index (χ2v) is 9.58. The predicted molar refractivity (Wildman–Crippen MR) is 124 cm³/mol. The van der Waals surface area contributed by atoms with Crippen molar-refractivity contribution in [3.8, 4) is 11.3 Å². The monoisotopic (exact) mass is 503 g/mol. The van der Waals surface area contributed by atoms with Crippen molar-refractivity contribution in [3.05, 3.63) is 95.4 Å². The molecule has 0 saturated carbocycles. The minimum atomic E-state index is -4.70. The van der Waals surface area contributed by atoms with Crippen molar-refractivity contribution in [1.29, 1.82) is 0 Å². The average Bonchev–Trinajstić information content (AvgIpc) is 3.28. The molecule has 0 unspecified atom stereocenters. The van der Waals surface area contributed by atoms with Gasteiger partial charge in [0.2, 0.25) is 0 Å². The summed E-state index contributed by atoms with van der Waals surface area (Å²) in [6.07, 6.45) is -4.70. The van der Waals surface area contributed by atoms with E-state index in [9.17, 15) is 26.4 Å². The predicted octanol–water partition coefficient (Wildman–Crippen LogP) is 5.88. The van der Waals surface area contributed by atoms with Gasteiger partial charge in [-0.15, -0.1) is 11.3 Å². The van der Waals surface area contributed by atoms with E-state index in [0.717, 1.165) is 23.8 Å². The average molecular weight is 504 g/mol. The lowest BCUT2D eigenvalue weighted by atomic mass is 10.2. The Balaban J connectivity index is 1.56. The fourth-order valence-corrected chi connectivity index (χ4v) is 4.89. The number of amides is 1. The summed E-state index contributed by atoms with van der Waals surface area (Å²) in [6, 6.07) is 18.5. The molecule has 0 aliphatic carbocycles. The first kappa shape index (κ1) is 23.5. The van der Waals surface area contributed by atoms with E-state index in [1.807, 2.05) is 30.3 Å². The van der Waals surface area contributed by atoms with Crippen LogP contribution in [0.2, 0.25) is 0 Å². The van der Waals surface area contributed by atoms with Gasteiger partial charge >= 0.3 is 6.18 Å². The third-order valence-electron chi connectivity index (χ3n) is 4.68. The Morgan fingerprint density at radius 2 is 1.62 bits per heavy atom. The van der Waals surface area contributed by atoms with Crippen LogP contribution in [0.1, 0.15) is 15.9 Å². The molecule has 3 aromatic carbocycles. The summed E-state index contributed by atoms with van der Waals surface area (Å²) in [5.74, 6) is -0.628. The number of carbonyl (C=O) groups is 1. The molecule has 1 heterocycles. The highest BCUT2D eigenvalue weighted by atomic mass is 32.2. The standard InChI is InChI=1S/C23H16F3N3O3S2/c24-23(25,26)16-9-6-10-17(13-16)34(31,32)29-19-12-5-4-11-18(19)21(30)28-22-27-20(14-33-22)15-7-2-1-3-8-15/h1-14,29H,(H,27,28,30). The number of aromatic nitrogens is 1. The van der Waals surface area contributed by atoms with Gasteiger partial charge in [0.05, 0.1) is 27.4 Å². The summed E-state index contributed by atoms with van der Waals surface area (Å²) in [7, 11) is -4.40. The van der Waals surface area contributed by atoms with Crippen molar-refractivity contribution >= 4 is 38.1 Å². The molecule has 1 aromatic heterocycles. The molecule has 0 saturated heterocycles. The number of halogens is 3. The summed E-state index contributed by atoms with van der Waals surface area (Å²) in [5.41, 5.74) is 0.332. The van der Waals surface area contributed by atoms with Crippen LogP contribution in [0.4, 0.5) is 24.0 Å². The molecule has 0 fully saturated rings. The van der Waals surface area contributed by atoms with Crippen molar-refractivity contribution in [1.82, 2.24) is 4.98 Å². The van der Waals surface area contributed by atoms with Gasteiger partial charge in [-0.3, -0.25) is 14.8 Å². The Labute approximate surface area is 197 Å². The smallest absolute Gasteiger partial charge is 0.298 e. The number of alkyl halides is 3. The minimum absolute atomic E-state index is 0.0190. The Kier molecular flexibility index (Phi) is 6.40. The highest BCUT2D eigenvalue weighted by molar-refractivity contribution is 7.92. The number of nitrogens with one attached hydrogen (secondary N) is 2. The van der Waals surface area contributed by atoms with Crippen molar-refractivity contribution < 1.29 is 26.4 Å². The van der Waals surface area contributed by atoms with Gasteiger partial charge in [-0.25, -0.2) is 13.4 Å². The Morgan fingerprint density at radius 1 is 0.912 bits per heavy atom. The number of benzene rings is 3. The van der Waals surface area contributed by atoms with E-state index in [0.29, 0.717) is 16.9 Å². The van der Waals surface area contributed by atoms with E-state index < -0.39 is 32.6 Å². The van der Waals surface area contributed by atoms with Crippen LogP contribution in [0.25, 0.3) is 11.3 Å². The highest BCUT2D eigenvalue weighted by Crippen LogP contribution is 2.31. The number of hydrogen-bond donors (Lipinski definition) is 2. The van der Waals surface area contributed by atoms with Crippen LogP contribution in [-0.2, 0) is 16.2 Å². The Morgan fingerprint density at radius 3 is 2.35 bits per heavy atom. The molecule has 6 nitrogen and oxygen atoms in total. The first-order valence-corrected chi connectivity index (χ1v) is 12.1. The maximum absolute atomic E-state index is 13.0. The lowest BCUT2D eigenvalue weighted by molar-refractivity contribution is -0.137. The van der Waals surface area contributed by atoms with E-state index >= 15 is 0 Å². The second kappa shape index (κ2) is 9.27. The highest BCUT2D eigenvalue weighted by Gasteiger charge is 2.32. The van der Waals surface area contributed by atoms with Crippen LogP contribution >= 0.6 is 11.3 Å². The molecule has 2 N–H and O–H groups in total. The van der Waals surface area contributed by atoms with Gasteiger partial charge in [-0.2, -0.15) is 13.2 Å². The Bertz CT molecular complexity index is 1440. The van der Waals surface area contributed by atoms with Crippen LogP contribution in [0.3, 0.4) is 0 Å². The number of sulfonamides is 1. The molecule has 0 aliphatic rings. The zero-order valence-electron chi connectivity index (χ0n) is 17.2. The summed E-state index contributed by atoms with van der Waals surface area (Å²) >= 11 is 1.20. The number of anilines is 2. The number of para-hydroxylation sites is 1. The number of nitrogens with zero attached hydrogens (tertiary/aromatic N) is 1. The molecule has 174 valence electrons. The van der Waals surface area contributed by atoms with Crippen molar-refractivity contribution in [3.63, 3.8) is 0 Å². The molecule has 0 spiro atoms. The van der Waals surface area contributed by atoms with Gasteiger partial charge in [0.1, 0.15) is 0 Å². The quantitative estimate of drug-likeness (QED) is 0.344. The fourth-order valence-electron chi connectivity index (χ4n) is 3.05. The molecule has 4 aromatic rings. The zero-order chi connectivity index (χ0) is 24.3. The van der Waals surface area contributed by atoms with E-state index in [4.69, 9.17) is 0 Å². The van der Waals surface area contributed by atoms with E-state index in [1.54, 1.807) is 5.38 Å². The molecule has 0 bridgehead atoms. The molecule has 11 heteroatoms. The van der Waals surface area contributed by atoms with E-state index in [1.165, 1.54) is 35.6 Å². The van der Waals surface area contributed by atoms with E-state index in [-0.39, 0.29) is 11.3 Å². The largest absolute Gasteiger partial charge is 0.416 e. The summed E-state index contributed by atoms with van der Waals surface area (Å²) in [4.78, 5) is 16.7. The van der Waals surface area contributed by atoms with Crippen LogP contribution in [0, 0.1) is 0 Å². The zero-order valence-corrected chi connectivity index (χ0v) is 18.8. The fraction of sp³-hybridized carbons (Fsp3) is 0.0435. The normalized spacial score (nSPS) is 11.7. The summed E-state index contributed by atoms with van der Waals surface area (Å²) in [6.45, 7) is 0. The van der Waals surface area contributed by atoms with Crippen LogP contribution < -0.4 is 10.0 Å². The van der Waals surface area contributed by atoms with Gasteiger partial charge in [-0.1, -0.05) is 48.5 Å². The van der Waals surface area contributed by atoms with Crippen molar-refractivity contribution in [2.24, 2.45) is 0 Å². The van der Waals surface area contributed by atoms with E-state index in [2.05, 4.69) is 15.0 Å². The molecule has 1 amide bonds. The second-order valence-electron chi connectivity index (χ2n) is 7.03. The third kappa shape index (κ3) is 5.26. The van der Waals surface area contributed by atoms with Gasteiger partial charge in [0.15, 0.2) is 5.13 Å². The minimum Gasteiger partial charge on any atom is -0.298 e. The third-order valence-corrected chi connectivity index (χ3v) is 6.80. The van der Waals surface area contributed by atoms with Gasteiger partial charge in [0.25, 0.3) is 15.9 Å². The number of carbonyl (C=O) groups excluding carboxylic acids is 1. The molecule has 34 heavy (non-hydrogen) atoms. The first-order valence-electron chi connectivity index (χ1n) is 9.75. The lowest BCUT2D eigenvalue weighted by Gasteiger charge is -2.13. The maximum atomic E-state index is 13.0.